The predicted molar refractivity (Wildman–Crippen MR) is 80.1 cm³/mol. The van der Waals surface area contributed by atoms with Gasteiger partial charge in [0.2, 0.25) is 5.91 Å². The van der Waals surface area contributed by atoms with Crippen molar-refractivity contribution >= 4 is 17.7 Å². The number of carbonyl (C=O) groups is 1. The first-order valence-corrected chi connectivity index (χ1v) is 7.90. The topological polar surface area (TPSA) is 56.1 Å². The number of carbonyl (C=O) groups excluding carboxylic acids is 1. The molecular weight excluding hydrogens is 274 g/mol. The molecule has 1 N–H and O–H groups in total. The Bertz CT molecular complexity index is 483. The molecule has 1 amide bonds. The quantitative estimate of drug-likeness (QED) is 0.781. The van der Waals surface area contributed by atoms with Gasteiger partial charge in [-0.25, -0.2) is 4.98 Å². The molecule has 2 rings (SSSR count). The molecule has 1 saturated carbocycles. The summed E-state index contributed by atoms with van der Waals surface area (Å²) in [6.45, 7) is 7.40. The predicted octanol–water partition coefficient (Wildman–Crippen LogP) is 1.91. The second-order valence-electron chi connectivity index (χ2n) is 5.25. The van der Waals surface area contributed by atoms with Gasteiger partial charge in [0.1, 0.15) is 0 Å². The molecule has 0 spiro atoms. The van der Waals surface area contributed by atoms with Crippen molar-refractivity contribution in [2.45, 2.75) is 56.6 Å². The SMILES string of the molecule is COCCn1c(SC(C)C(=O)NC2CC2)nc(C)c1C. The van der Waals surface area contributed by atoms with Crippen LogP contribution in [-0.2, 0) is 16.1 Å². The molecule has 112 valence electrons. The van der Waals surface area contributed by atoms with E-state index in [2.05, 4.69) is 21.8 Å². The minimum atomic E-state index is -0.127. The number of aryl methyl sites for hydroxylation is 1. The fourth-order valence-electron chi connectivity index (χ4n) is 1.92. The van der Waals surface area contributed by atoms with Crippen LogP contribution in [0.1, 0.15) is 31.2 Å². The van der Waals surface area contributed by atoms with Crippen LogP contribution in [0.2, 0.25) is 0 Å². The van der Waals surface area contributed by atoms with Crippen LogP contribution in [0.25, 0.3) is 0 Å². The molecule has 1 unspecified atom stereocenters. The summed E-state index contributed by atoms with van der Waals surface area (Å²) in [4.78, 5) is 16.6. The Morgan fingerprint density at radius 2 is 2.25 bits per heavy atom. The summed E-state index contributed by atoms with van der Waals surface area (Å²) in [5.74, 6) is 0.106. The lowest BCUT2D eigenvalue weighted by Gasteiger charge is -2.13. The molecule has 0 radical (unpaired) electrons. The molecule has 6 heteroatoms. The normalized spacial score (nSPS) is 16.2. The van der Waals surface area contributed by atoms with Crippen molar-refractivity contribution in [1.29, 1.82) is 0 Å². The van der Waals surface area contributed by atoms with Crippen LogP contribution < -0.4 is 5.32 Å². The first-order chi connectivity index (χ1) is 9.52. The number of aromatic nitrogens is 2. The minimum absolute atomic E-state index is 0.106. The van der Waals surface area contributed by atoms with E-state index in [-0.39, 0.29) is 11.2 Å². The lowest BCUT2D eigenvalue weighted by Crippen LogP contribution is -2.32. The first kappa shape index (κ1) is 15.4. The van der Waals surface area contributed by atoms with E-state index in [0.29, 0.717) is 12.6 Å². The van der Waals surface area contributed by atoms with E-state index < -0.39 is 0 Å². The highest BCUT2D eigenvalue weighted by Gasteiger charge is 2.27. The molecule has 1 atom stereocenters. The number of imidazole rings is 1. The smallest absolute Gasteiger partial charge is 0.233 e. The third-order valence-electron chi connectivity index (χ3n) is 3.52. The Morgan fingerprint density at radius 3 is 2.85 bits per heavy atom. The van der Waals surface area contributed by atoms with E-state index in [9.17, 15) is 4.79 Å². The van der Waals surface area contributed by atoms with Crippen LogP contribution in [0.15, 0.2) is 5.16 Å². The monoisotopic (exact) mass is 297 g/mol. The number of hydrogen-bond acceptors (Lipinski definition) is 4. The second-order valence-corrected chi connectivity index (χ2v) is 6.56. The minimum Gasteiger partial charge on any atom is -0.383 e. The van der Waals surface area contributed by atoms with Crippen molar-refractivity contribution in [3.8, 4) is 0 Å². The maximum atomic E-state index is 12.0. The zero-order valence-electron chi connectivity index (χ0n) is 12.6. The third kappa shape index (κ3) is 3.76. The van der Waals surface area contributed by atoms with Crippen molar-refractivity contribution in [2.75, 3.05) is 13.7 Å². The van der Waals surface area contributed by atoms with E-state index in [1.165, 1.54) is 11.8 Å². The van der Waals surface area contributed by atoms with Crippen LogP contribution in [-0.4, -0.2) is 40.5 Å². The zero-order valence-corrected chi connectivity index (χ0v) is 13.4. The summed E-state index contributed by atoms with van der Waals surface area (Å²) in [6, 6.07) is 0.405. The number of rotatable bonds is 7. The number of methoxy groups -OCH3 is 1. The second kappa shape index (κ2) is 6.63. The lowest BCUT2D eigenvalue weighted by molar-refractivity contribution is -0.120. The van der Waals surface area contributed by atoms with Crippen LogP contribution in [0.5, 0.6) is 0 Å². The third-order valence-corrected chi connectivity index (χ3v) is 4.61. The van der Waals surface area contributed by atoms with Gasteiger partial charge in [0.05, 0.1) is 17.6 Å². The average Bonchev–Trinajstić information content (AvgIpc) is 3.17. The summed E-state index contributed by atoms with van der Waals surface area (Å²) < 4.78 is 7.27. The average molecular weight is 297 g/mol. The van der Waals surface area contributed by atoms with Crippen LogP contribution in [0.4, 0.5) is 0 Å². The Balaban J connectivity index is 2.03. The molecule has 1 heterocycles. The number of nitrogens with zero attached hydrogens (tertiary/aromatic N) is 2. The molecule has 20 heavy (non-hydrogen) atoms. The summed E-state index contributed by atoms with van der Waals surface area (Å²) in [6.07, 6.45) is 2.23. The van der Waals surface area contributed by atoms with Crippen molar-refractivity contribution < 1.29 is 9.53 Å². The van der Waals surface area contributed by atoms with Crippen molar-refractivity contribution in [2.24, 2.45) is 0 Å². The number of amides is 1. The van der Waals surface area contributed by atoms with Crippen molar-refractivity contribution in [3.63, 3.8) is 0 Å². The molecule has 1 aromatic heterocycles. The summed E-state index contributed by atoms with van der Waals surface area (Å²) >= 11 is 1.52. The lowest BCUT2D eigenvalue weighted by atomic mass is 10.4. The van der Waals surface area contributed by atoms with E-state index in [4.69, 9.17) is 4.74 Å². The van der Waals surface area contributed by atoms with Crippen LogP contribution >= 0.6 is 11.8 Å². The highest BCUT2D eigenvalue weighted by molar-refractivity contribution is 8.00. The van der Waals surface area contributed by atoms with E-state index in [1.807, 2.05) is 13.8 Å². The Morgan fingerprint density at radius 1 is 1.55 bits per heavy atom. The van der Waals surface area contributed by atoms with Crippen molar-refractivity contribution in [3.05, 3.63) is 11.4 Å². The molecule has 0 saturated heterocycles. The fraction of sp³-hybridized carbons (Fsp3) is 0.714. The summed E-state index contributed by atoms with van der Waals surface area (Å²) in [7, 11) is 1.69. The highest BCUT2D eigenvalue weighted by atomic mass is 32.2. The van der Waals surface area contributed by atoms with E-state index in [0.717, 1.165) is 35.9 Å². The summed E-state index contributed by atoms with van der Waals surface area (Å²) in [5, 5.41) is 3.81. The molecule has 0 aliphatic heterocycles. The van der Waals surface area contributed by atoms with Crippen LogP contribution in [0, 0.1) is 13.8 Å². The molecule has 1 aromatic rings. The van der Waals surface area contributed by atoms with E-state index >= 15 is 0 Å². The number of nitrogens with one attached hydrogen (secondary N) is 1. The number of ether oxygens (including phenoxy) is 1. The van der Waals surface area contributed by atoms with Gasteiger partial charge in [0.15, 0.2) is 5.16 Å². The molecular formula is C14H23N3O2S. The van der Waals surface area contributed by atoms with Gasteiger partial charge in [0.25, 0.3) is 0 Å². The zero-order chi connectivity index (χ0) is 14.7. The maximum Gasteiger partial charge on any atom is 0.233 e. The molecule has 1 fully saturated rings. The summed E-state index contributed by atoms with van der Waals surface area (Å²) in [5.41, 5.74) is 2.15. The first-order valence-electron chi connectivity index (χ1n) is 7.02. The Hall–Kier alpha value is -1.01. The number of hydrogen-bond donors (Lipinski definition) is 1. The molecule has 0 aromatic carbocycles. The van der Waals surface area contributed by atoms with Gasteiger partial charge in [0, 0.05) is 25.4 Å². The molecule has 5 nitrogen and oxygen atoms in total. The molecule has 1 aliphatic rings. The fourth-order valence-corrected chi connectivity index (χ4v) is 2.95. The van der Waals surface area contributed by atoms with Gasteiger partial charge in [-0.05, 0) is 33.6 Å². The van der Waals surface area contributed by atoms with Gasteiger partial charge < -0.3 is 14.6 Å². The molecule has 0 bridgehead atoms. The Kier molecular flexibility index (Phi) is 5.10. The van der Waals surface area contributed by atoms with Gasteiger partial charge in [-0.2, -0.15) is 0 Å². The van der Waals surface area contributed by atoms with Crippen LogP contribution in [0.3, 0.4) is 0 Å². The Labute approximate surface area is 124 Å². The largest absolute Gasteiger partial charge is 0.383 e. The molecule has 1 aliphatic carbocycles. The van der Waals surface area contributed by atoms with Gasteiger partial charge in [-0.1, -0.05) is 11.8 Å². The van der Waals surface area contributed by atoms with Gasteiger partial charge >= 0.3 is 0 Å². The van der Waals surface area contributed by atoms with Crippen molar-refractivity contribution in [1.82, 2.24) is 14.9 Å². The van der Waals surface area contributed by atoms with Gasteiger partial charge in [-0.3, -0.25) is 4.79 Å². The van der Waals surface area contributed by atoms with Gasteiger partial charge in [-0.15, -0.1) is 0 Å². The van der Waals surface area contributed by atoms with E-state index in [1.54, 1.807) is 7.11 Å². The maximum absolute atomic E-state index is 12.0. The number of thioether (sulfide) groups is 1. The standard InChI is InChI=1S/C14H23N3O2S/c1-9-10(2)17(7-8-19-4)14(15-9)20-11(3)13(18)16-12-5-6-12/h11-12H,5-8H2,1-4H3,(H,16,18). The highest BCUT2D eigenvalue weighted by Crippen LogP contribution is 2.26.